The van der Waals surface area contributed by atoms with Gasteiger partial charge in [-0.05, 0) is 37.1 Å². The van der Waals surface area contributed by atoms with E-state index in [0.717, 1.165) is 24.4 Å². The second-order valence-corrected chi connectivity index (χ2v) is 10.8. The fraction of sp³-hybridized carbons (Fsp3) is 0.320. The van der Waals surface area contributed by atoms with Gasteiger partial charge < -0.3 is 9.47 Å². The number of benzene rings is 1. The molecule has 1 atom stereocenters. The summed E-state index contributed by atoms with van der Waals surface area (Å²) in [7, 11) is -0.734. The monoisotopic (exact) mass is 526 g/mol. The summed E-state index contributed by atoms with van der Waals surface area (Å²) in [5.74, 6) is 0.681. The van der Waals surface area contributed by atoms with Gasteiger partial charge in [0.25, 0.3) is 0 Å². The van der Waals surface area contributed by atoms with E-state index in [2.05, 4.69) is 25.1 Å². The van der Waals surface area contributed by atoms with Gasteiger partial charge in [-0.15, -0.1) is 10.2 Å². The lowest BCUT2D eigenvalue weighted by atomic mass is 10.1. The molecule has 0 radical (unpaired) electrons. The molecular formula is C25H27FN6O4S. The Labute approximate surface area is 214 Å². The van der Waals surface area contributed by atoms with Gasteiger partial charge in [0.1, 0.15) is 28.8 Å². The topological polar surface area (TPSA) is 122 Å². The van der Waals surface area contributed by atoms with Crippen molar-refractivity contribution in [2.75, 3.05) is 14.2 Å². The van der Waals surface area contributed by atoms with Crippen LogP contribution >= 0.6 is 0 Å². The third-order valence-corrected chi connectivity index (χ3v) is 7.96. The SMILES string of the molecule is CCc1cncc(-c2nnc(CS(=O)(=O)[C@@H](C)Cc3ncc(F)cn3)n2-c2c(OC)cccc2OC)c1. The molecule has 194 valence electrons. The third kappa shape index (κ3) is 5.58. The van der Waals surface area contributed by atoms with Crippen molar-refractivity contribution in [3.05, 3.63) is 72.1 Å². The summed E-state index contributed by atoms with van der Waals surface area (Å²) in [6.07, 6.45) is 6.21. The zero-order valence-electron chi connectivity index (χ0n) is 20.9. The molecule has 0 saturated carbocycles. The number of hydrogen-bond acceptors (Lipinski definition) is 9. The average molecular weight is 527 g/mol. The predicted octanol–water partition coefficient (Wildman–Crippen LogP) is 3.38. The van der Waals surface area contributed by atoms with Gasteiger partial charge in [0, 0.05) is 24.4 Å². The fourth-order valence-electron chi connectivity index (χ4n) is 3.84. The number of aryl methyl sites for hydroxylation is 1. The van der Waals surface area contributed by atoms with Crippen molar-refractivity contribution in [1.82, 2.24) is 29.7 Å². The Balaban J connectivity index is 1.82. The molecule has 1 aromatic carbocycles. The van der Waals surface area contributed by atoms with Gasteiger partial charge in [-0.1, -0.05) is 13.0 Å². The summed E-state index contributed by atoms with van der Waals surface area (Å²) in [5.41, 5.74) is 2.12. The molecule has 0 bridgehead atoms. The van der Waals surface area contributed by atoms with Gasteiger partial charge in [0.05, 0.1) is 31.9 Å². The largest absolute Gasteiger partial charge is 0.494 e. The van der Waals surface area contributed by atoms with Gasteiger partial charge in [0.15, 0.2) is 27.3 Å². The van der Waals surface area contributed by atoms with E-state index in [0.29, 0.717) is 28.6 Å². The molecule has 3 heterocycles. The Morgan fingerprint density at radius 1 is 1.03 bits per heavy atom. The highest BCUT2D eigenvalue weighted by atomic mass is 32.2. The number of hydrogen-bond donors (Lipinski definition) is 0. The Bertz CT molecular complexity index is 1470. The molecule has 0 N–H and O–H groups in total. The first-order valence-electron chi connectivity index (χ1n) is 11.5. The summed E-state index contributed by atoms with van der Waals surface area (Å²) >= 11 is 0. The van der Waals surface area contributed by atoms with Gasteiger partial charge in [-0.2, -0.15) is 0 Å². The molecule has 37 heavy (non-hydrogen) atoms. The summed E-state index contributed by atoms with van der Waals surface area (Å²) in [6.45, 7) is 3.57. The zero-order valence-corrected chi connectivity index (χ0v) is 21.7. The normalized spacial score (nSPS) is 12.4. The highest BCUT2D eigenvalue weighted by Crippen LogP contribution is 2.36. The molecular weight excluding hydrogens is 499 g/mol. The molecule has 0 unspecified atom stereocenters. The Hall–Kier alpha value is -3.93. The molecule has 12 heteroatoms. The van der Waals surface area contributed by atoms with E-state index in [9.17, 15) is 12.8 Å². The second-order valence-electron chi connectivity index (χ2n) is 8.36. The molecule has 4 rings (SSSR count). The molecule has 4 aromatic rings. The van der Waals surface area contributed by atoms with Crippen LogP contribution in [0.1, 0.15) is 31.1 Å². The van der Waals surface area contributed by atoms with Crippen molar-refractivity contribution in [2.45, 2.75) is 37.7 Å². The lowest BCUT2D eigenvalue weighted by molar-refractivity contribution is 0.391. The Morgan fingerprint density at radius 2 is 1.70 bits per heavy atom. The maximum atomic E-state index is 13.4. The van der Waals surface area contributed by atoms with Crippen LogP contribution in [-0.4, -0.2) is 57.6 Å². The standard InChI is InChI=1S/C25H27FN6O4S/c1-5-17-10-18(12-27-11-17)25-31-30-23(32(25)24-20(35-3)7-6-8-21(24)36-4)15-37(33,34)16(2)9-22-28-13-19(26)14-29-22/h6-8,10-14,16H,5,9,15H2,1-4H3/t16-/m0/s1. The Morgan fingerprint density at radius 3 is 2.32 bits per heavy atom. The number of para-hydroxylation sites is 1. The molecule has 0 saturated heterocycles. The minimum Gasteiger partial charge on any atom is -0.494 e. The first kappa shape index (κ1) is 26.1. The van der Waals surface area contributed by atoms with Crippen LogP contribution < -0.4 is 9.47 Å². The average Bonchev–Trinajstić information content (AvgIpc) is 3.31. The highest BCUT2D eigenvalue weighted by molar-refractivity contribution is 7.91. The van der Waals surface area contributed by atoms with E-state index in [1.165, 1.54) is 14.2 Å². The maximum absolute atomic E-state index is 13.4. The number of pyridine rings is 1. The van der Waals surface area contributed by atoms with Crippen LogP contribution in [0.3, 0.4) is 0 Å². The molecule has 0 spiro atoms. The summed E-state index contributed by atoms with van der Waals surface area (Å²) in [6, 6.07) is 7.19. The number of sulfone groups is 1. The highest BCUT2D eigenvalue weighted by Gasteiger charge is 2.29. The molecule has 0 aliphatic rings. The van der Waals surface area contributed by atoms with Crippen molar-refractivity contribution >= 4 is 9.84 Å². The van der Waals surface area contributed by atoms with Crippen molar-refractivity contribution < 1.29 is 22.3 Å². The van der Waals surface area contributed by atoms with Crippen LogP contribution in [-0.2, 0) is 28.4 Å². The van der Waals surface area contributed by atoms with Crippen LogP contribution in [0.25, 0.3) is 17.1 Å². The van der Waals surface area contributed by atoms with Crippen LogP contribution in [0.15, 0.2) is 49.1 Å². The molecule has 0 fully saturated rings. The van der Waals surface area contributed by atoms with E-state index >= 15 is 0 Å². The smallest absolute Gasteiger partial charge is 0.170 e. The number of ether oxygens (including phenoxy) is 2. The minimum absolute atomic E-state index is 0.0179. The molecule has 0 aliphatic heterocycles. The second kappa shape index (κ2) is 11.0. The van der Waals surface area contributed by atoms with Crippen molar-refractivity contribution in [3.63, 3.8) is 0 Å². The number of nitrogens with zero attached hydrogens (tertiary/aromatic N) is 6. The van der Waals surface area contributed by atoms with Gasteiger partial charge >= 0.3 is 0 Å². The van der Waals surface area contributed by atoms with Gasteiger partial charge in [0.2, 0.25) is 0 Å². The molecule has 3 aromatic heterocycles. The van der Waals surface area contributed by atoms with Gasteiger partial charge in [-0.3, -0.25) is 9.55 Å². The lowest BCUT2D eigenvalue weighted by Crippen LogP contribution is -2.24. The van der Waals surface area contributed by atoms with E-state index in [1.54, 1.807) is 42.1 Å². The van der Waals surface area contributed by atoms with Crippen molar-refractivity contribution in [1.29, 1.82) is 0 Å². The van der Waals surface area contributed by atoms with E-state index < -0.39 is 26.7 Å². The Kier molecular flexibility index (Phi) is 7.77. The van der Waals surface area contributed by atoms with E-state index in [1.807, 2.05) is 13.0 Å². The first-order valence-corrected chi connectivity index (χ1v) is 13.3. The number of halogens is 1. The maximum Gasteiger partial charge on any atom is 0.170 e. The summed E-state index contributed by atoms with van der Waals surface area (Å²) < 4.78 is 52.9. The van der Waals surface area contributed by atoms with Crippen molar-refractivity contribution in [3.8, 4) is 28.6 Å². The van der Waals surface area contributed by atoms with E-state index in [-0.39, 0.29) is 18.1 Å². The van der Waals surface area contributed by atoms with Crippen LogP contribution in [0.5, 0.6) is 11.5 Å². The van der Waals surface area contributed by atoms with Crippen LogP contribution in [0, 0.1) is 5.82 Å². The number of aromatic nitrogens is 6. The molecule has 0 amide bonds. The minimum atomic E-state index is -3.77. The predicted molar refractivity (Wildman–Crippen MR) is 135 cm³/mol. The number of rotatable bonds is 10. The number of methoxy groups -OCH3 is 2. The third-order valence-electron chi connectivity index (χ3n) is 5.90. The quantitative estimate of drug-likeness (QED) is 0.306. The van der Waals surface area contributed by atoms with Crippen LogP contribution in [0.2, 0.25) is 0 Å². The van der Waals surface area contributed by atoms with Gasteiger partial charge in [-0.25, -0.2) is 22.8 Å². The first-order chi connectivity index (χ1) is 17.8. The zero-order chi connectivity index (χ0) is 26.6. The summed E-state index contributed by atoms with van der Waals surface area (Å²) in [4.78, 5) is 12.1. The van der Waals surface area contributed by atoms with Crippen LogP contribution in [0.4, 0.5) is 4.39 Å². The molecule has 0 aliphatic carbocycles. The fourth-order valence-corrected chi connectivity index (χ4v) is 5.07. The van der Waals surface area contributed by atoms with E-state index in [4.69, 9.17) is 9.47 Å². The lowest BCUT2D eigenvalue weighted by Gasteiger charge is -2.18. The molecule has 10 nitrogen and oxygen atoms in total. The summed E-state index contributed by atoms with van der Waals surface area (Å²) in [5, 5.41) is 7.77. The van der Waals surface area contributed by atoms with Crippen molar-refractivity contribution in [2.24, 2.45) is 0 Å².